The smallest absolute Gasteiger partial charge is 0.0662 e. The first-order valence-electron chi connectivity index (χ1n) is 9.33. The Labute approximate surface area is 130 Å². The van der Waals surface area contributed by atoms with E-state index in [1.165, 1.54) is 57.8 Å². The van der Waals surface area contributed by atoms with Gasteiger partial charge in [-0.25, -0.2) is 5.01 Å². The molecule has 0 aromatic heterocycles. The summed E-state index contributed by atoms with van der Waals surface area (Å²) < 4.78 is 6.09. The zero-order valence-electron chi connectivity index (χ0n) is 14.2. The molecule has 3 rings (SSSR count). The van der Waals surface area contributed by atoms with Crippen molar-refractivity contribution in [2.24, 2.45) is 5.41 Å². The van der Waals surface area contributed by atoms with Gasteiger partial charge in [0.25, 0.3) is 0 Å². The molecule has 1 heterocycles. The summed E-state index contributed by atoms with van der Waals surface area (Å²) in [7, 11) is 0. The molecule has 0 amide bonds. The first-order chi connectivity index (χ1) is 10.2. The van der Waals surface area contributed by atoms with Crippen molar-refractivity contribution in [1.82, 2.24) is 10.4 Å². The van der Waals surface area contributed by atoms with Gasteiger partial charge in [0.2, 0.25) is 0 Å². The van der Waals surface area contributed by atoms with Gasteiger partial charge < -0.3 is 4.74 Å². The number of piperidine rings is 1. The summed E-state index contributed by atoms with van der Waals surface area (Å²) in [5.74, 6) is 0. The molecule has 2 aliphatic carbocycles. The fourth-order valence-corrected chi connectivity index (χ4v) is 5.10. The second-order valence-electron chi connectivity index (χ2n) is 7.69. The van der Waals surface area contributed by atoms with Crippen LogP contribution in [0.2, 0.25) is 0 Å². The Kier molecular flexibility index (Phi) is 4.92. The SMILES string of the molecule is CCOC1CC(NN2C(C)CCCC2C)C12CCCCC2. The summed E-state index contributed by atoms with van der Waals surface area (Å²) in [6.07, 6.45) is 12.7. The van der Waals surface area contributed by atoms with Crippen molar-refractivity contribution in [1.29, 1.82) is 0 Å². The van der Waals surface area contributed by atoms with Gasteiger partial charge in [0.1, 0.15) is 0 Å². The maximum atomic E-state index is 6.09. The minimum Gasteiger partial charge on any atom is -0.378 e. The summed E-state index contributed by atoms with van der Waals surface area (Å²) >= 11 is 0. The lowest BCUT2D eigenvalue weighted by molar-refractivity contribution is -0.172. The zero-order chi connectivity index (χ0) is 14.9. The van der Waals surface area contributed by atoms with Crippen LogP contribution in [0, 0.1) is 5.41 Å². The molecule has 122 valence electrons. The van der Waals surface area contributed by atoms with Gasteiger partial charge in [0, 0.05) is 30.1 Å². The summed E-state index contributed by atoms with van der Waals surface area (Å²) in [6, 6.07) is 2.01. The van der Waals surface area contributed by atoms with Gasteiger partial charge >= 0.3 is 0 Å². The molecular formula is C18H34N2O. The number of nitrogens with zero attached hydrogens (tertiary/aromatic N) is 1. The van der Waals surface area contributed by atoms with E-state index in [0.29, 0.717) is 29.6 Å². The van der Waals surface area contributed by atoms with Gasteiger partial charge in [-0.1, -0.05) is 25.7 Å². The molecule has 3 nitrogen and oxygen atoms in total. The minimum atomic E-state index is 0.436. The summed E-state index contributed by atoms with van der Waals surface area (Å²) in [6.45, 7) is 7.78. The van der Waals surface area contributed by atoms with Gasteiger partial charge in [-0.3, -0.25) is 5.43 Å². The molecule has 3 heteroatoms. The average Bonchev–Trinajstić information content (AvgIpc) is 2.50. The van der Waals surface area contributed by atoms with E-state index in [9.17, 15) is 0 Å². The Morgan fingerprint density at radius 2 is 1.71 bits per heavy atom. The van der Waals surface area contributed by atoms with Crippen LogP contribution in [-0.4, -0.2) is 35.8 Å². The van der Waals surface area contributed by atoms with Crippen LogP contribution in [0.25, 0.3) is 0 Å². The van der Waals surface area contributed by atoms with Crippen LogP contribution in [0.5, 0.6) is 0 Å². The Balaban J connectivity index is 1.67. The monoisotopic (exact) mass is 294 g/mol. The van der Waals surface area contributed by atoms with Crippen LogP contribution in [0.15, 0.2) is 0 Å². The van der Waals surface area contributed by atoms with Crippen molar-refractivity contribution in [3.63, 3.8) is 0 Å². The van der Waals surface area contributed by atoms with Crippen LogP contribution in [0.4, 0.5) is 0 Å². The highest BCUT2D eigenvalue weighted by Gasteiger charge is 2.56. The predicted octanol–water partition coefficient (Wildman–Crippen LogP) is 3.88. The largest absolute Gasteiger partial charge is 0.378 e. The fourth-order valence-electron chi connectivity index (χ4n) is 5.10. The number of rotatable bonds is 4. The van der Waals surface area contributed by atoms with E-state index in [1.54, 1.807) is 0 Å². The number of hydrazine groups is 1. The molecular weight excluding hydrogens is 260 g/mol. The molecule has 0 radical (unpaired) electrons. The van der Waals surface area contributed by atoms with Gasteiger partial charge in [-0.15, -0.1) is 0 Å². The van der Waals surface area contributed by atoms with Crippen LogP contribution < -0.4 is 5.43 Å². The molecule has 0 bridgehead atoms. The molecule has 3 fully saturated rings. The van der Waals surface area contributed by atoms with E-state index in [2.05, 4.69) is 31.2 Å². The van der Waals surface area contributed by atoms with Crippen LogP contribution >= 0.6 is 0 Å². The zero-order valence-corrected chi connectivity index (χ0v) is 14.2. The Bertz CT molecular complexity index is 330. The normalized spacial score (nSPS) is 40.1. The summed E-state index contributed by atoms with van der Waals surface area (Å²) in [5, 5.41) is 2.58. The highest BCUT2D eigenvalue weighted by molar-refractivity contribution is 5.09. The third-order valence-corrected chi connectivity index (χ3v) is 6.44. The minimum absolute atomic E-state index is 0.436. The van der Waals surface area contributed by atoms with Crippen molar-refractivity contribution in [2.75, 3.05) is 6.61 Å². The molecule has 1 spiro atoms. The van der Waals surface area contributed by atoms with E-state index in [1.807, 2.05) is 0 Å². The topological polar surface area (TPSA) is 24.5 Å². The maximum Gasteiger partial charge on any atom is 0.0662 e. The van der Waals surface area contributed by atoms with Gasteiger partial charge in [0.05, 0.1) is 6.10 Å². The standard InChI is InChI=1S/C18H34N2O/c1-4-21-17-13-16(18(17)11-6-5-7-12-18)19-20-14(2)9-8-10-15(20)3/h14-17,19H,4-13H2,1-3H3. The van der Waals surface area contributed by atoms with Gasteiger partial charge in [-0.2, -0.15) is 0 Å². The lowest BCUT2D eigenvalue weighted by Gasteiger charge is -2.59. The van der Waals surface area contributed by atoms with E-state index >= 15 is 0 Å². The molecule has 4 atom stereocenters. The van der Waals surface area contributed by atoms with Crippen LogP contribution in [-0.2, 0) is 4.74 Å². The van der Waals surface area contributed by atoms with Gasteiger partial charge in [-0.05, 0) is 52.9 Å². The number of nitrogens with one attached hydrogen (secondary N) is 1. The van der Waals surface area contributed by atoms with Crippen molar-refractivity contribution >= 4 is 0 Å². The molecule has 1 N–H and O–H groups in total. The molecule has 4 unspecified atom stereocenters. The lowest BCUT2D eigenvalue weighted by Crippen LogP contribution is -2.69. The van der Waals surface area contributed by atoms with Gasteiger partial charge in [0.15, 0.2) is 0 Å². The third kappa shape index (κ3) is 2.89. The number of hydrogen-bond donors (Lipinski definition) is 1. The molecule has 1 aliphatic heterocycles. The van der Waals surface area contributed by atoms with Crippen molar-refractivity contribution < 1.29 is 4.74 Å². The second-order valence-corrected chi connectivity index (χ2v) is 7.69. The predicted molar refractivity (Wildman–Crippen MR) is 87.1 cm³/mol. The lowest BCUT2D eigenvalue weighted by atomic mass is 9.55. The Hall–Kier alpha value is -0.120. The second kappa shape index (κ2) is 6.55. The molecule has 0 aromatic carbocycles. The number of hydrogen-bond acceptors (Lipinski definition) is 3. The molecule has 2 saturated carbocycles. The van der Waals surface area contributed by atoms with Crippen LogP contribution in [0.3, 0.4) is 0 Å². The van der Waals surface area contributed by atoms with E-state index in [-0.39, 0.29) is 0 Å². The Morgan fingerprint density at radius 1 is 1.05 bits per heavy atom. The average molecular weight is 294 g/mol. The van der Waals surface area contributed by atoms with E-state index < -0.39 is 0 Å². The molecule has 3 aliphatic rings. The highest BCUT2D eigenvalue weighted by atomic mass is 16.5. The first kappa shape index (κ1) is 15.8. The summed E-state index contributed by atoms with van der Waals surface area (Å²) in [4.78, 5) is 0. The first-order valence-corrected chi connectivity index (χ1v) is 9.33. The highest BCUT2D eigenvalue weighted by Crippen LogP contribution is 2.53. The van der Waals surface area contributed by atoms with Crippen LogP contribution in [0.1, 0.15) is 78.6 Å². The Morgan fingerprint density at radius 3 is 2.33 bits per heavy atom. The fraction of sp³-hybridized carbons (Fsp3) is 1.00. The van der Waals surface area contributed by atoms with Crippen molar-refractivity contribution in [3.05, 3.63) is 0 Å². The maximum absolute atomic E-state index is 6.09. The number of ether oxygens (including phenoxy) is 1. The van der Waals surface area contributed by atoms with E-state index in [0.717, 1.165) is 6.61 Å². The van der Waals surface area contributed by atoms with E-state index in [4.69, 9.17) is 4.74 Å². The third-order valence-electron chi connectivity index (χ3n) is 6.44. The van der Waals surface area contributed by atoms with Crippen molar-refractivity contribution in [3.8, 4) is 0 Å². The van der Waals surface area contributed by atoms with Crippen molar-refractivity contribution in [2.45, 2.75) is 103 Å². The molecule has 0 aromatic rings. The quantitative estimate of drug-likeness (QED) is 0.851. The molecule has 21 heavy (non-hydrogen) atoms. The molecule has 1 saturated heterocycles. The summed E-state index contributed by atoms with van der Waals surface area (Å²) in [5.41, 5.74) is 4.39.